The van der Waals surface area contributed by atoms with E-state index in [0.717, 1.165) is 0 Å². The monoisotopic (exact) mass is 259 g/mol. The first-order valence-electron chi connectivity index (χ1n) is 6.23. The fourth-order valence-electron chi connectivity index (χ4n) is 2.19. The van der Waals surface area contributed by atoms with Crippen molar-refractivity contribution in [3.8, 4) is 6.07 Å². The third kappa shape index (κ3) is 2.32. The Bertz CT molecular complexity index is 560. The van der Waals surface area contributed by atoms with Crippen LogP contribution in [0.1, 0.15) is 42.0 Å². The molecule has 2 N–H and O–H groups in total. The van der Waals surface area contributed by atoms with Crippen LogP contribution in [-0.2, 0) is 0 Å². The third-order valence-electron chi connectivity index (χ3n) is 3.96. The van der Waals surface area contributed by atoms with Crippen molar-refractivity contribution in [3.63, 3.8) is 0 Å². The fraction of sp³-hybridized carbons (Fsp3) is 0.500. The molecule has 2 unspecified atom stereocenters. The quantitative estimate of drug-likeness (QED) is 0.834. The Morgan fingerprint density at radius 1 is 1.58 bits per heavy atom. The number of aryl methyl sites for hydroxylation is 1. The summed E-state index contributed by atoms with van der Waals surface area (Å²) >= 11 is 0. The van der Waals surface area contributed by atoms with Gasteiger partial charge in [-0.25, -0.2) is 4.98 Å². The van der Waals surface area contributed by atoms with E-state index in [1.807, 2.05) is 19.9 Å². The maximum atomic E-state index is 12.1. The van der Waals surface area contributed by atoms with E-state index in [1.54, 1.807) is 19.1 Å². The lowest BCUT2D eigenvalue weighted by Crippen LogP contribution is -2.61. The number of nitrogens with one attached hydrogen (secondary N) is 1. The topological polar surface area (TPSA) is 86.0 Å². The summed E-state index contributed by atoms with van der Waals surface area (Å²) in [5, 5.41) is 21.3. The Labute approximate surface area is 112 Å². The molecule has 2 atom stereocenters. The zero-order valence-electron chi connectivity index (χ0n) is 11.3. The normalized spacial score (nSPS) is 24.2. The van der Waals surface area contributed by atoms with Crippen molar-refractivity contribution in [2.45, 2.75) is 39.3 Å². The van der Waals surface area contributed by atoms with Crippen LogP contribution in [-0.4, -0.2) is 28.1 Å². The molecule has 0 bridgehead atoms. The molecule has 1 aliphatic carbocycles. The molecule has 1 fully saturated rings. The number of aliphatic hydroxyl groups is 1. The SMILES string of the molecule is Cc1nc(C(=O)NC2CC(O)C2(C)C)ccc1C#N. The minimum Gasteiger partial charge on any atom is -0.392 e. The fourth-order valence-corrected chi connectivity index (χ4v) is 2.19. The molecule has 100 valence electrons. The average molecular weight is 259 g/mol. The summed E-state index contributed by atoms with van der Waals surface area (Å²) in [6.07, 6.45) is 0.182. The lowest BCUT2D eigenvalue weighted by molar-refractivity contribution is -0.0690. The molecule has 0 aliphatic heterocycles. The smallest absolute Gasteiger partial charge is 0.270 e. The van der Waals surface area contributed by atoms with E-state index in [4.69, 9.17) is 5.26 Å². The van der Waals surface area contributed by atoms with E-state index in [0.29, 0.717) is 23.4 Å². The molecule has 1 aliphatic rings. The standard InChI is InChI=1S/C14H17N3O2/c1-8-9(7-15)4-5-10(16-8)13(19)17-11-6-12(18)14(11,2)3/h4-5,11-12,18H,6H2,1-3H3,(H,17,19). The van der Waals surface area contributed by atoms with Crippen LogP contribution < -0.4 is 5.32 Å². The van der Waals surface area contributed by atoms with Gasteiger partial charge in [-0.1, -0.05) is 13.8 Å². The van der Waals surface area contributed by atoms with E-state index < -0.39 is 0 Å². The van der Waals surface area contributed by atoms with Crippen LogP contribution in [0.5, 0.6) is 0 Å². The highest BCUT2D eigenvalue weighted by Crippen LogP contribution is 2.40. The van der Waals surface area contributed by atoms with Gasteiger partial charge in [-0.15, -0.1) is 0 Å². The van der Waals surface area contributed by atoms with Crippen LogP contribution in [0.15, 0.2) is 12.1 Å². The number of carbonyl (C=O) groups excluding carboxylic acids is 1. The molecule has 5 heteroatoms. The third-order valence-corrected chi connectivity index (χ3v) is 3.96. The minimum atomic E-state index is -0.381. The lowest BCUT2D eigenvalue weighted by Gasteiger charge is -2.49. The van der Waals surface area contributed by atoms with Crippen LogP contribution in [0, 0.1) is 23.7 Å². The second kappa shape index (κ2) is 4.63. The van der Waals surface area contributed by atoms with Gasteiger partial charge in [0, 0.05) is 11.5 Å². The van der Waals surface area contributed by atoms with E-state index in [9.17, 15) is 9.90 Å². The van der Waals surface area contributed by atoms with Crippen molar-refractivity contribution in [2.24, 2.45) is 5.41 Å². The van der Waals surface area contributed by atoms with Crippen LogP contribution in [0.3, 0.4) is 0 Å². The van der Waals surface area contributed by atoms with Gasteiger partial charge in [0.1, 0.15) is 11.8 Å². The van der Waals surface area contributed by atoms with Gasteiger partial charge < -0.3 is 10.4 Å². The molecule has 1 aromatic rings. The number of nitrogens with zero attached hydrogens (tertiary/aromatic N) is 2. The molecular weight excluding hydrogens is 242 g/mol. The highest BCUT2D eigenvalue weighted by Gasteiger charge is 2.48. The molecule has 0 aromatic carbocycles. The zero-order valence-corrected chi connectivity index (χ0v) is 11.3. The number of nitriles is 1. The Hall–Kier alpha value is -1.93. The number of hydrogen-bond donors (Lipinski definition) is 2. The van der Waals surface area contributed by atoms with Gasteiger partial charge in [-0.2, -0.15) is 5.26 Å². The first kappa shape index (κ1) is 13.5. The number of carbonyl (C=O) groups is 1. The second-order valence-electron chi connectivity index (χ2n) is 5.54. The maximum absolute atomic E-state index is 12.1. The second-order valence-corrected chi connectivity index (χ2v) is 5.54. The Morgan fingerprint density at radius 2 is 2.26 bits per heavy atom. The Kier molecular flexibility index (Phi) is 3.29. The van der Waals surface area contributed by atoms with Crippen molar-refractivity contribution in [3.05, 3.63) is 29.1 Å². The highest BCUT2D eigenvalue weighted by atomic mass is 16.3. The van der Waals surface area contributed by atoms with Crippen molar-refractivity contribution < 1.29 is 9.90 Å². The number of aromatic nitrogens is 1. The first-order valence-corrected chi connectivity index (χ1v) is 6.23. The highest BCUT2D eigenvalue weighted by molar-refractivity contribution is 5.92. The van der Waals surface area contributed by atoms with Crippen molar-refractivity contribution in [1.29, 1.82) is 5.26 Å². The van der Waals surface area contributed by atoms with Crippen molar-refractivity contribution >= 4 is 5.91 Å². The zero-order chi connectivity index (χ0) is 14.2. The lowest BCUT2D eigenvalue weighted by atomic mass is 9.64. The van der Waals surface area contributed by atoms with E-state index in [-0.39, 0.29) is 23.5 Å². The van der Waals surface area contributed by atoms with Crippen LogP contribution in [0.25, 0.3) is 0 Å². The summed E-state index contributed by atoms with van der Waals surface area (Å²) in [6.45, 7) is 5.54. The molecule has 2 rings (SSSR count). The van der Waals surface area contributed by atoms with Crippen LogP contribution >= 0.6 is 0 Å². The van der Waals surface area contributed by atoms with Gasteiger partial charge in [0.15, 0.2) is 0 Å². The number of aliphatic hydroxyl groups excluding tert-OH is 1. The van der Waals surface area contributed by atoms with E-state index >= 15 is 0 Å². The van der Waals surface area contributed by atoms with Gasteiger partial charge >= 0.3 is 0 Å². The molecule has 19 heavy (non-hydrogen) atoms. The van der Waals surface area contributed by atoms with Crippen LogP contribution in [0.2, 0.25) is 0 Å². The molecule has 1 aromatic heterocycles. The summed E-state index contributed by atoms with van der Waals surface area (Å²) in [5.41, 5.74) is 1.00. The molecule has 1 amide bonds. The molecule has 0 radical (unpaired) electrons. The number of pyridine rings is 1. The summed E-state index contributed by atoms with van der Waals surface area (Å²) in [6, 6.07) is 5.11. The molecule has 0 spiro atoms. The summed E-state index contributed by atoms with van der Waals surface area (Å²) in [5.74, 6) is -0.266. The van der Waals surface area contributed by atoms with Gasteiger partial charge in [0.05, 0.1) is 17.4 Å². The Morgan fingerprint density at radius 3 is 2.74 bits per heavy atom. The molecule has 1 heterocycles. The van der Waals surface area contributed by atoms with Crippen molar-refractivity contribution in [1.82, 2.24) is 10.3 Å². The van der Waals surface area contributed by atoms with Gasteiger partial charge in [0.2, 0.25) is 0 Å². The van der Waals surface area contributed by atoms with Gasteiger partial charge in [0.25, 0.3) is 5.91 Å². The summed E-state index contributed by atoms with van der Waals surface area (Å²) in [4.78, 5) is 16.2. The number of rotatable bonds is 2. The minimum absolute atomic E-state index is 0.0484. The molecule has 0 saturated heterocycles. The summed E-state index contributed by atoms with van der Waals surface area (Å²) < 4.78 is 0. The molecule has 5 nitrogen and oxygen atoms in total. The van der Waals surface area contributed by atoms with Crippen LogP contribution in [0.4, 0.5) is 0 Å². The average Bonchev–Trinajstić information content (AvgIpc) is 2.38. The number of hydrogen-bond acceptors (Lipinski definition) is 4. The molecular formula is C14H17N3O2. The summed E-state index contributed by atoms with van der Waals surface area (Å²) in [7, 11) is 0. The largest absolute Gasteiger partial charge is 0.392 e. The van der Waals surface area contributed by atoms with E-state index in [1.165, 1.54) is 0 Å². The van der Waals surface area contributed by atoms with E-state index in [2.05, 4.69) is 10.3 Å². The van der Waals surface area contributed by atoms with Crippen molar-refractivity contribution in [2.75, 3.05) is 0 Å². The maximum Gasteiger partial charge on any atom is 0.270 e. The van der Waals surface area contributed by atoms with Gasteiger partial charge in [-0.3, -0.25) is 4.79 Å². The molecule has 1 saturated carbocycles. The van der Waals surface area contributed by atoms with Gasteiger partial charge in [-0.05, 0) is 25.5 Å². The predicted molar refractivity (Wildman–Crippen MR) is 69.3 cm³/mol. The number of amides is 1. The predicted octanol–water partition coefficient (Wildman–Crippen LogP) is 1.15. The first-order chi connectivity index (χ1) is 8.86. The Balaban J connectivity index is 2.10.